The van der Waals surface area contributed by atoms with Gasteiger partial charge in [0.15, 0.2) is 11.6 Å². The van der Waals surface area contributed by atoms with Gasteiger partial charge in [-0.15, -0.1) is 0 Å². The van der Waals surface area contributed by atoms with E-state index in [0.29, 0.717) is 12.2 Å². The van der Waals surface area contributed by atoms with Crippen LogP contribution in [0.1, 0.15) is 26.2 Å². The Morgan fingerprint density at radius 3 is 2.81 bits per heavy atom. The van der Waals surface area contributed by atoms with E-state index in [1.807, 2.05) is 6.92 Å². The Morgan fingerprint density at radius 1 is 1.44 bits per heavy atom. The summed E-state index contributed by atoms with van der Waals surface area (Å²) in [5.41, 5.74) is 0. The van der Waals surface area contributed by atoms with E-state index < -0.39 is 11.8 Å². The van der Waals surface area contributed by atoms with Gasteiger partial charge in [0, 0.05) is 12.5 Å². The second-order valence-corrected chi connectivity index (χ2v) is 3.37. The Labute approximate surface area is 94.2 Å². The summed E-state index contributed by atoms with van der Waals surface area (Å²) >= 11 is 0. The highest BCUT2D eigenvalue weighted by Gasteiger charge is 2.10. The topological polar surface area (TPSA) is 35.5 Å². The first-order chi connectivity index (χ1) is 7.67. The van der Waals surface area contributed by atoms with Gasteiger partial charge in [0.2, 0.25) is 0 Å². The molecule has 88 valence electrons. The summed E-state index contributed by atoms with van der Waals surface area (Å²) in [4.78, 5) is 11.3. The van der Waals surface area contributed by atoms with E-state index in [2.05, 4.69) is 0 Å². The lowest BCUT2D eigenvalue weighted by Crippen LogP contribution is -2.08. The Morgan fingerprint density at radius 2 is 2.19 bits per heavy atom. The maximum Gasteiger partial charge on any atom is 0.311 e. The predicted octanol–water partition coefficient (Wildman–Crippen LogP) is 2.93. The van der Waals surface area contributed by atoms with Gasteiger partial charge in [-0.2, -0.15) is 0 Å². The van der Waals surface area contributed by atoms with Crippen molar-refractivity contribution in [2.24, 2.45) is 0 Å². The molecule has 0 fully saturated rings. The largest absolute Gasteiger partial charge is 0.497 e. The normalized spacial score (nSPS) is 9.94. The smallest absolute Gasteiger partial charge is 0.311 e. The van der Waals surface area contributed by atoms with Crippen molar-refractivity contribution in [2.45, 2.75) is 26.2 Å². The van der Waals surface area contributed by atoms with Gasteiger partial charge in [0.05, 0.1) is 7.11 Å². The molecule has 0 aliphatic carbocycles. The maximum absolute atomic E-state index is 13.3. The van der Waals surface area contributed by atoms with Crippen LogP contribution in [-0.4, -0.2) is 13.1 Å². The Hall–Kier alpha value is -1.58. The van der Waals surface area contributed by atoms with Crippen LogP contribution in [0.3, 0.4) is 0 Å². The van der Waals surface area contributed by atoms with E-state index in [-0.39, 0.29) is 5.75 Å². The van der Waals surface area contributed by atoms with Gasteiger partial charge in [-0.05, 0) is 18.6 Å². The van der Waals surface area contributed by atoms with Crippen molar-refractivity contribution in [1.82, 2.24) is 0 Å². The molecule has 0 atom stereocenters. The van der Waals surface area contributed by atoms with Gasteiger partial charge in [-0.25, -0.2) is 4.39 Å². The molecule has 1 rings (SSSR count). The van der Waals surface area contributed by atoms with Gasteiger partial charge >= 0.3 is 5.97 Å². The van der Waals surface area contributed by atoms with Crippen molar-refractivity contribution in [3.05, 3.63) is 24.0 Å². The monoisotopic (exact) mass is 226 g/mol. The fraction of sp³-hybridized carbons (Fsp3) is 0.417. The number of carbonyl (C=O) groups excluding carboxylic acids is 1. The number of benzene rings is 1. The Bertz CT molecular complexity index is 363. The summed E-state index contributed by atoms with van der Waals surface area (Å²) < 4.78 is 23.1. The quantitative estimate of drug-likeness (QED) is 0.572. The standard InChI is InChI=1S/C12H15FO3/c1-3-4-5-12(14)16-11-8-9(15-2)6-7-10(11)13/h6-8H,3-5H2,1-2H3. The molecule has 3 nitrogen and oxygen atoms in total. The molecule has 16 heavy (non-hydrogen) atoms. The highest BCUT2D eigenvalue weighted by molar-refractivity contribution is 5.72. The number of ether oxygens (including phenoxy) is 2. The number of unbranched alkanes of at least 4 members (excludes halogenated alkanes) is 1. The fourth-order valence-electron chi connectivity index (χ4n) is 1.18. The molecule has 1 aromatic carbocycles. The first-order valence-corrected chi connectivity index (χ1v) is 5.21. The van der Waals surface area contributed by atoms with Crippen LogP contribution < -0.4 is 9.47 Å². The predicted molar refractivity (Wildman–Crippen MR) is 58.1 cm³/mol. The number of methoxy groups -OCH3 is 1. The lowest BCUT2D eigenvalue weighted by atomic mass is 10.2. The minimum Gasteiger partial charge on any atom is -0.497 e. The molecule has 0 saturated heterocycles. The minimum absolute atomic E-state index is 0.0829. The molecule has 0 saturated carbocycles. The molecule has 0 heterocycles. The van der Waals surface area contributed by atoms with Crippen molar-refractivity contribution in [3.63, 3.8) is 0 Å². The zero-order valence-electron chi connectivity index (χ0n) is 9.46. The minimum atomic E-state index is -0.564. The number of halogens is 1. The molecule has 0 aliphatic rings. The highest BCUT2D eigenvalue weighted by atomic mass is 19.1. The van der Waals surface area contributed by atoms with Crippen molar-refractivity contribution in [1.29, 1.82) is 0 Å². The number of carbonyl (C=O) groups is 1. The molecule has 0 N–H and O–H groups in total. The number of rotatable bonds is 5. The molecule has 0 aromatic heterocycles. The van der Waals surface area contributed by atoms with Crippen LogP contribution in [0.2, 0.25) is 0 Å². The lowest BCUT2D eigenvalue weighted by Gasteiger charge is -2.06. The van der Waals surface area contributed by atoms with Crippen LogP contribution in [0.25, 0.3) is 0 Å². The average Bonchev–Trinajstić information content (AvgIpc) is 2.29. The first kappa shape index (κ1) is 12.5. The maximum atomic E-state index is 13.3. The first-order valence-electron chi connectivity index (χ1n) is 5.21. The van der Waals surface area contributed by atoms with Crippen LogP contribution >= 0.6 is 0 Å². The van der Waals surface area contributed by atoms with Crippen molar-refractivity contribution < 1.29 is 18.7 Å². The van der Waals surface area contributed by atoms with Gasteiger partial charge in [0.1, 0.15) is 5.75 Å². The highest BCUT2D eigenvalue weighted by Crippen LogP contribution is 2.23. The summed E-state index contributed by atoms with van der Waals surface area (Å²) in [5, 5.41) is 0. The van der Waals surface area contributed by atoms with Crippen LogP contribution in [0.5, 0.6) is 11.5 Å². The lowest BCUT2D eigenvalue weighted by molar-refractivity contribution is -0.134. The summed E-state index contributed by atoms with van der Waals surface area (Å²) in [6, 6.07) is 4.04. The molecule has 0 aliphatic heterocycles. The van der Waals surface area contributed by atoms with E-state index in [4.69, 9.17) is 9.47 Å². The number of esters is 1. The second-order valence-electron chi connectivity index (χ2n) is 3.37. The van der Waals surface area contributed by atoms with E-state index >= 15 is 0 Å². The van der Waals surface area contributed by atoms with Gasteiger partial charge < -0.3 is 9.47 Å². The van der Waals surface area contributed by atoms with Crippen molar-refractivity contribution >= 4 is 5.97 Å². The summed E-state index contributed by atoms with van der Waals surface area (Å²) in [6.45, 7) is 1.97. The molecule has 0 radical (unpaired) electrons. The molecule has 4 heteroatoms. The molecule has 0 bridgehead atoms. The zero-order valence-corrected chi connectivity index (χ0v) is 9.46. The van der Waals surface area contributed by atoms with Crippen molar-refractivity contribution in [3.8, 4) is 11.5 Å². The van der Waals surface area contributed by atoms with Gasteiger partial charge in [-0.1, -0.05) is 13.3 Å². The summed E-state index contributed by atoms with van der Waals surface area (Å²) in [5.74, 6) is -0.611. The van der Waals surface area contributed by atoms with Gasteiger partial charge in [-0.3, -0.25) is 4.79 Å². The van der Waals surface area contributed by atoms with E-state index in [9.17, 15) is 9.18 Å². The summed E-state index contributed by atoms with van der Waals surface area (Å²) in [6.07, 6.45) is 1.94. The van der Waals surface area contributed by atoms with E-state index in [1.165, 1.54) is 25.3 Å². The van der Waals surface area contributed by atoms with Crippen LogP contribution in [-0.2, 0) is 4.79 Å². The zero-order chi connectivity index (χ0) is 12.0. The van der Waals surface area contributed by atoms with E-state index in [0.717, 1.165) is 12.8 Å². The third kappa shape index (κ3) is 3.53. The van der Waals surface area contributed by atoms with Crippen molar-refractivity contribution in [2.75, 3.05) is 7.11 Å². The fourth-order valence-corrected chi connectivity index (χ4v) is 1.18. The summed E-state index contributed by atoms with van der Waals surface area (Å²) in [7, 11) is 1.47. The molecular weight excluding hydrogens is 211 g/mol. The molecule has 0 amide bonds. The van der Waals surface area contributed by atoms with Crippen LogP contribution in [0.4, 0.5) is 4.39 Å². The number of hydrogen-bond donors (Lipinski definition) is 0. The van der Waals surface area contributed by atoms with E-state index in [1.54, 1.807) is 0 Å². The Balaban J connectivity index is 2.68. The average molecular weight is 226 g/mol. The molecule has 1 aromatic rings. The third-order valence-corrected chi connectivity index (χ3v) is 2.10. The number of hydrogen-bond acceptors (Lipinski definition) is 3. The van der Waals surface area contributed by atoms with Crippen LogP contribution in [0, 0.1) is 5.82 Å². The molecule has 0 spiro atoms. The third-order valence-electron chi connectivity index (χ3n) is 2.10. The van der Waals surface area contributed by atoms with Crippen LogP contribution in [0.15, 0.2) is 18.2 Å². The Kier molecular flexibility index (Phi) is 4.76. The van der Waals surface area contributed by atoms with Gasteiger partial charge in [0.25, 0.3) is 0 Å². The second kappa shape index (κ2) is 6.10. The SMILES string of the molecule is CCCCC(=O)Oc1cc(OC)ccc1F. The molecule has 0 unspecified atom stereocenters. The molecular formula is C12H15FO3.